The summed E-state index contributed by atoms with van der Waals surface area (Å²) in [4.78, 5) is 14.6. The SMILES string of the molecule is O=C(CN1CC[C@H]2CCCC[C@@H]2C1)Nc1ccccc1Br. The topological polar surface area (TPSA) is 32.3 Å². The number of nitrogens with one attached hydrogen (secondary N) is 1. The first-order valence-corrected chi connectivity index (χ1v) is 8.78. The molecule has 0 bridgehead atoms. The molecular formula is C17H23BrN2O. The lowest BCUT2D eigenvalue weighted by molar-refractivity contribution is -0.118. The van der Waals surface area contributed by atoms with Crippen LogP contribution in [0.2, 0.25) is 0 Å². The summed E-state index contributed by atoms with van der Waals surface area (Å²) in [5.41, 5.74) is 0.857. The maximum atomic E-state index is 12.2. The zero-order valence-electron chi connectivity index (χ0n) is 12.4. The Labute approximate surface area is 135 Å². The average molecular weight is 351 g/mol. The molecule has 1 N–H and O–H groups in total. The van der Waals surface area contributed by atoms with E-state index >= 15 is 0 Å². The van der Waals surface area contributed by atoms with E-state index in [-0.39, 0.29) is 5.91 Å². The summed E-state index contributed by atoms with van der Waals surface area (Å²) in [5.74, 6) is 1.83. The molecule has 1 aliphatic carbocycles. The summed E-state index contributed by atoms with van der Waals surface area (Å²) < 4.78 is 0.935. The first kappa shape index (κ1) is 15.0. The highest BCUT2D eigenvalue weighted by molar-refractivity contribution is 9.10. The number of rotatable bonds is 3. The fourth-order valence-corrected chi connectivity index (χ4v) is 4.16. The molecule has 1 saturated carbocycles. The summed E-state index contributed by atoms with van der Waals surface area (Å²) >= 11 is 3.47. The normalized spacial score (nSPS) is 26.1. The minimum atomic E-state index is 0.0937. The smallest absolute Gasteiger partial charge is 0.238 e. The molecule has 0 spiro atoms. The van der Waals surface area contributed by atoms with Gasteiger partial charge in [0, 0.05) is 11.0 Å². The van der Waals surface area contributed by atoms with Crippen LogP contribution in [-0.4, -0.2) is 30.4 Å². The second kappa shape index (κ2) is 6.93. The summed E-state index contributed by atoms with van der Waals surface area (Å²) in [6.07, 6.45) is 6.81. The Morgan fingerprint density at radius 1 is 1.19 bits per heavy atom. The van der Waals surface area contributed by atoms with Gasteiger partial charge in [0.25, 0.3) is 0 Å². The summed E-state index contributed by atoms with van der Waals surface area (Å²) in [6.45, 7) is 2.70. The van der Waals surface area contributed by atoms with Crippen LogP contribution in [0.1, 0.15) is 32.1 Å². The van der Waals surface area contributed by atoms with Crippen molar-refractivity contribution in [3.8, 4) is 0 Å². The van der Waals surface area contributed by atoms with Gasteiger partial charge in [0.05, 0.1) is 12.2 Å². The van der Waals surface area contributed by atoms with Crippen LogP contribution in [0, 0.1) is 11.8 Å². The Kier molecular flexibility index (Phi) is 4.96. The van der Waals surface area contributed by atoms with Crippen molar-refractivity contribution in [1.29, 1.82) is 0 Å². The number of nitrogens with zero attached hydrogens (tertiary/aromatic N) is 1. The van der Waals surface area contributed by atoms with E-state index in [2.05, 4.69) is 26.1 Å². The molecule has 1 aromatic carbocycles. The average Bonchev–Trinajstić information content (AvgIpc) is 2.49. The number of likely N-dealkylation sites (tertiary alicyclic amines) is 1. The number of halogens is 1. The van der Waals surface area contributed by atoms with Crippen molar-refractivity contribution >= 4 is 27.5 Å². The highest BCUT2D eigenvalue weighted by Gasteiger charge is 2.31. The van der Waals surface area contributed by atoms with E-state index in [9.17, 15) is 4.79 Å². The van der Waals surface area contributed by atoms with E-state index in [4.69, 9.17) is 0 Å². The lowest BCUT2D eigenvalue weighted by atomic mass is 9.75. The number of amides is 1. The molecule has 2 aliphatic rings. The lowest BCUT2D eigenvalue weighted by Gasteiger charge is -2.41. The van der Waals surface area contributed by atoms with Gasteiger partial charge in [0.1, 0.15) is 0 Å². The van der Waals surface area contributed by atoms with Crippen LogP contribution in [0.4, 0.5) is 5.69 Å². The number of carbonyl (C=O) groups is 1. The molecule has 1 aliphatic heterocycles. The molecule has 0 radical (unpaired) electrons. The Morgan fingerprint density at radius 3 is 2.76 bits per heavy atom. The van der Waals surface area contributed by atoms with Crippen molar-refractivity contribution in [2.24, 2.45) is 11.8 Å². The summed E-state index contributed by atoms with van der Waals surface area (Å²) in [5, 5.41) is 3.00. The van der Waals surface area contributed by atoms with E-state index < -0.39 is 0 Å². The predicted octanol–water partition coefficient (Wildman–Crippen LogP) is 3.90. The fraction of sp³-hybridized carbons (Fsp3) is 0.588. The third-order valence-corrected chi connectivity index (χ3v) is 5.58. The number of carbonyl (C=O) groups excluding carboxylic acids is 1. The Hall–Kier alpha value is -0.870. The van der Waals surface area contributed by atoms with E-state index in [0.29, 0.717) is 6.54 Å². The van der Waals surface area contributed by atoms with Gasteiger partial charge in [-0.15, -0.1) is 0 Å². The molecule has 2 atom stereocenters. The molecule has 4 heteroatoms. The second-order valence-electron chi connectivity index (χ2n) is 6.36. The minimum Gasteiger partial charge on any atom is -0.324 e. The molecule has 1 amide bonds. The first-order chi connectivity index (χ1) is 10.2. The first-order valence-electron chi connectivity index (χ1n) is 7.99. The van der Waals surface area contributed by atoms with Crippen molar-refractivity contribution < 1.29 is 4.79 Å². The number of anilines is 1. The zero-order valence-corrected chi connectivity index (χ0v) is 13.9. The van der Waals surface area contributed by atoms with Crippen LogP contribution < -0.4 is 5.32 Å². The van der Waals surface area contributed by atoms with Gasteiger partial charge in [-0.2, -0.15) is 0 Å². The van der Waals surface area contributed by atoms with Gasteiger partial charge in [-0.3, -0.25) is 9.69 Å². The van der Waals surface area contributed by atoms with Crippen LogP contribution in [0.25, 0.3) is 0 Å². The highest BCUT2D eigenvalue weighted by Crippen LogP contribution is 2.35. The quantitative estimate of drug-likeness (QED) is 0.896. The van der Waals surface area contributed by atoms with E-state index in [1.165, 1.54) is 32.1 Å². The van der Waals surface area contributed by atoms with Crippen molar-refractivity contribution in [2.75, 3.05) is 25.0 Å². The number of benzene rings is 1. The highest BCUT2D eigenvalue weighted by atomic mass is 79.9. The maximum Gasteiger partial charge on any atom is 0.238 e. The van der Waals surface area contributed by atoms with E-state index in [1.54, 1.807) is 0 Å². The van der Waals surface area contributed by atoms with Gasteiger partial charge in [0.2, 0.25) is 5.91 Å². The second-order valence-corrected chi connectivity index (χ2v) is 7.21. The molecule has 0 aromatic heterocycles. The van der Waals surface area contributed by atoms with Crippen LogP contribution in [0.5, 0.6) is 0 Å². The number of para-hydroxylation sites is 1. The van der Waals surface area contributed by atoms with Crippen LogP contribution in [0.15, 0.2) is 28.7 Å². The van der Waals surface area contributed by atoms with Crippen molar-refractivity contribution in [2.45, 2.75) is 32.1 Å². The lowest BCUT2D eigenvalue weighted by Crippen LogP contribution is -2.44. The molecule has 1 saturated heterocycles. The number of piperidine rings is 1. The standard InChI is InChI=1S/C17H23BrN2O/c18-15-7-3-4-8-16(15)19-17(21)12-20-10-9-13-5-1-2-6-14(13)11-20/h3-4,7-8,13-14H,1-2,5-6,9-12H2,(H,19,21)/t13-,14-/m1/s1. The van der Waals surface area contributed by atoms with Crippen molar-refractivity contribution in [3.05, 3.63) is 28.7 Å². The third-order valence-electron chi connectivity index (χ3n) is 4.89. The molecule has 0 unspecified atom stereocenters. The molecule has 1 aromatic rings. The largest absolute Gasteiger partial charge is 0.324 e. The number of hydrogen-bond acceptors (Lipinski definition) is 2. The summed E-state index contributed by atoms with van der Waals surface area (Å²) in [6, 6.07) is 7.76. The van der Waals surface area contributed by atoms with Crippen LogP contribution in [0.3, 0.4) is 0 Å². The Balaban J connectivity index is 1.52. The third kappa shape index (κ3) is 3.86. The Bertz CT molecular complexity index is 505. The monoisotopic (exact) mass is 350 g/mol. The number of hydrogen-bond donors (Lipinski definition) is 1. The fourth-order valence-electron chi connectivity index (χ4n) is 3.78. The van der Waals surface area contributed by atoms with Crippen molar-refractivity contribution in [3.63, 3.8) is 0 Å². The summed E-state index contributed by atoms with van der Waals surface area (Å²) in [7, 11) is 0. The van der Waals surface area contributed by atoms with Gasteiger partial charge >= 0.3 is 0 Å². The molecular weight excluding hydrogens is 328 g/mol. The van der Waals surface area contributed by atoms with Crippen molar-refractivity contribution in [1.82, 2.24) is 4.90 Å². The van der Waals surface area contributed by atoms with E-state index in [0.717, 1.165) is 35.1 Å². The van der Waals surface area contributed by atoms with Crippen LogP contribution >= 0.6 is 15.9 Å². The van der Waals surface area contributed by atoms with Gasteiger partial charge in [0.15, 0.2) is 0 Å². The molecule has 21 heavy (non-hydrogen) atoms. The predicted molar refractivity (Wildman–Crippen MR) is 89.3 cm³/mol. The van der Waals surface area contributed by atoms with Gasteiger partial charge in [-0.05, 0) is 59.3 Å². The minimum absolute atomic E-state index is 0.0937. The zero-order chi connectivity index (χ0) is 14.7. The number of fused-ring (bicyclic) bond motifs is 1. The molecule has 1 heterocycles. The van der Waals surface area contributed by atoms with Gasteiger partial charge < -0.3 is 5.32 Å². The van der Waals surface area contributed by atoms with Gasteiger partial charge in [-0.1, -0.05) is 31.4 Å². The molecule has 3 nitrogen and oxygen atoms in total. The van der Waals surface area contributed by atoms with Crippen LogP contribution in [-0.2, 0) is 4.79 Å². The van der Waals surface area contributed by atoms with E-state index in [1.807, 2.05) is 24.3 Å². The molecule has 3 rings (SSSR count). The molecule has 2 fully saturated rings. The Morgan fingerprint density at radius 2 is 1.95 bits per heavy atom. The van der Waals surface area contributed by atoms with Gasteiger partial charge in [-0.25, -0.2) is 0 Å². The maximum absolute atomic E-state index is 12.2. The molecule has 114 valence electrons.